The highest BCUT2D eigenvalue weighted by Crippen LogP contribution is 2.39. The van der Waals surface area contributed by atoms with Gasteiger partial charge >= 0.3 is 0 Å². The summed E-state index contributed by atoms with van der Waals surface area (Å²) in [4.78, 5) is 17.6. The van der Waals surface area contributed by atoms with Crippen molar-refractivity contribution in [2.45, 2.75) is 25.2 Å². The summed E-state index contributed by atoms with van der Waals surface area (Å²) in [5.74, 6) is 2.67. The Kier molecular flexibility index (Phi) is 7.00. The molecular formula is C29H34N2O3. The number of amides is 1. The monoisotopic (exact) mass is 458 g/mol. The molecule has 0 N–H and O–H groups in total. The van der Waals surface area contributed by atoms with Crippen molar-refractivity contribution >= 4 is 5.91 Å². The largest absolute Gasteiger partial charge is 0.496 e. The third-order valence-electron chi connectivity index (χ3n) is 7.57. The van der Waals surface area contributed by atoms with E-state index < -0.39 is 0 Å². The van der Waals surface area contributed by atoms with Crippen LogP contribution in [0.1, 0.15) is 40.4 Å². The van der Waals surface area contributed by atoms with Crippen LogP contribution >= 0.6 is 0 Å². The first kappa shape index (κ1) is 22.7. The molecule has 0 saturated carbocycles. The number of hydrogen-bond acceptors (Lipinski definition) is 4. The molecule has 178 valence electrons. The van der Waals surface area contributed by atoms with Gasteiger partial charge in [-0.1, -0.05) is 48.5 Å². The average Bonchev–Trinajstić information content (AvgIpc) is 3.56. The minimum Gasteiger partial charge on any atom is -0.496 e. The van der Waals surface area contributed by atoms with Crippen molar-refractivity contribution in [2.24, 2.45) is 11.8 Å². The van der Waals surface area contributed by atoms with Gasteiger partial charge in [0.05, 0.1) is 13.4 Å². The van der Waals surface area contributed by atoms with Crippen molar-refractivity contribution in [3.63, 3.8) is 0 Å². The second-order valence-corrected chi connectivity index (χ2v) is 9.73. The van der Waals surface area contributed by atoms with Crippen LogP contribution < -0.4 is 4.74 Å². The fourth-order valence-electron chi connectivity index (χ4n) is 5.76. The number of piperidine rings is 1. The predicted octanol–water partition coefficient (Wildman–Crippen LogP) is 5.10. The summed E-state index contributed by atoms with van der Waals surface area (Å²) in [6.07, 6.45) is 5.21. The van der Waals surface area contributed by atoms with Crippen LogP contribution in [-0.2, 0) is 6.42 Å². The maximum absolute atomic E-state index is 13.1. The Labute approximate surface area is 202 Å². The standard InChI is InChI=1S/C29H34N2O3/c1-33-27-11-6-5-10-25(27)26-21-31(29(32)28-12-7-17-34-28)20-24(26)19-30-15-13-23(14-16-30)18-22-8-3-2-4-9-22/h2-12,17,23-24,26H,13-16,18-21H2,1H3. The Morgan fingerprint density at radius 2 is 1.74 bits per heavy atom. The van der Waals surface area contributed by atoms with Gasteiger partial charge < -0.3 is 19.0 Å². The number of hydrogen-bond donors (Lipinski definition) is 0. The molecule has 1 amide bonds. The lowest BCUT2D eigenvalue weighted by Crippen LogP contribution is -2.39. The second kappa shape index (κ2) is 10.5. The highest BCUT2D eigenvalue weighted by atomic mass is 16.5. The third kappa shape index (κ3) is 5.05. The van der Waals surface area contributed by atoms with E-state index in [0.29, 0.717) is 18.2 Å². The molecule has 3 heterocycles. The highest BCUT2D eigenvalue weighted by molar-refractivity contribution is 5.91. The zero-order valence-electron chi connectivity index (χ0n) is 19.9. The SMILES string of the molecule is COc1ccccc1C1CN(C(=O)c2ccco2)CC1CN1CCC(Cc2ccccc2)CC1. The zero-order chi connectivity index (χ0) is 23.3. The number of furan rings is 1. The number of methoxy groups -OCH3 is 1. The van der Waals surface area contributed by atoms with Crippen molar-refractivity contribution in [3.8, 4) is 5.75 Å². The van der Waals surface area contributed by atoms with E-state index in [4.69, 9.17) is 9.15 Å². The van der Waals surface area contributed by atoms with Crippen LogP contribution in [0.3, 0.4) is 0 Å². The Hall–Kier alpha value is -3.05. The van der Waals surface area contributed by atoms with Crippen LogP contribution in [0.5, 0.6) is 5.75 Å². The summed E-state index contributed by atoms with van der Waals surface area (Å²) in [7, 11) is 1.73. The number of benzene rings is 2. The van der Waals surface area contributed by atoms with E-state index in [2.05, 4.69) is 47.4 Å². The molecule has 0 radical (unpaired) electrons. The number of likely N-dealkylation sites (tertiary alicyclic amines) is 2. The zero-order valence-corrected chi connectivity index (χ0v) is 19.9. The quantitative estimate of drug-likeness (QED) is 0.494. The molecule has 2 fully saturated rings. The van der Waals surface area contributed by atoms with E-state index in [-0.39, 0.29) is 11.8 Å². The van der Waals surface area contributed by atoms with E-state index in [1.165, 1.54) is 30.4 Å². The van der Waals surface area contributed by atoms with Gasteiger partial charge in [-0.2, -0.15) is 0 Å². The van der Waals surface area contributed by atoms with E-state index in [9.17, 15) is 4.79 Å². The fraction of sp³-hybridized carbons (Fsp3) is 0.414. The molecule has 1 aromatic heterocycles. The number of rotatable bonds is 7. The van der Waals surface area contributed by atoms with E-state index in [0.717, 1.165) is 37.8 Å². The van der Waals surface area contributed by atoms with Crippen LogP contribution in [-0.4, -0.2) is 55.5 Å². The fourth-order valence-corrected chi connectivity index (χ4v) is 5.76. The van der Waals surface area contributed by atoms with Gasteiger partial charge in [0.25, 0.3) is 5.91 Å². The van der Waals surface area contributed by atoms with Gasteiger partial charge in [-0.25, -0.2) is 0 Å². The summed E-state index contributed by atoms with van der Waals surface area (Å²) in [5, 5.41) is 0. The summed E-state index contributed by atoms with van der Waals surface area (Å²) in [6.45, 7) is 4.68. The number of nitrogens with zero attached hydrogens (tertiary/aromatic N) is 2. The normalized spacial score (nSPS) is 21.6. The first-order valence-electron chi connectivity index (χ1n) is 12.4. The molecule has 0 spiro atoms. The predicted molar refractivity (Wildman–Crippen MR) is 133 cm³/mol. The number of carbonyl (C=O) groups excluding carboxylic acids is 1. The average molecular weight is 459 g/mol. The lowest BCUT2D eigenvalue weighted by atomic mass is 9.86. The van der Waals surface area contributed by atoms with Crippen LogP contribution in [0.15, 0.2) is 77.4 Å². The topological polar surface area (TPSA) is 45.9 Å². The number of ether oxygens (including phenoxy) is 1. The molecule has 2 aliphatic rings. The first-order valence-corrected chi connectivity index (χ1v) is 12.4. The maximum Gasteiger partial charge on any atom is 0.289 e. The molecule has 2 atom stereocenters. The lowest BCUT2D eigenvalue weighted by Gasteiger charge is -2.35. The maximum atomic E-state index is 13.1. The van der Waals surface area contributed by atoms with Crippen molar-refractivity contribution in [2.75, 3.05) is 39.8 Å². The third-order valence-corrected chi connectivity index (χ3v) is 7.57. The molecule has 0 bridgehead atoms. The Morgan fingerprint density at radius 3 is 2.47 bits per heavy atom. The molecule has 5 nitrogen and oxygen atoms in total. The van der Waals surface area contributed by atoms with Crippen molar-refractivity contribution in [1.29, 1.82) is 0 Å². The van der Waals surface area contributed by atoms with Gasteiger partial charge in [-0.15, -0.1) is 0 Å². The summed E-state index contributed by atoms with van der Waals surface area (Å²) >= 11 is 0. The van der Waals surface area contributed by atoms with Gasteiger partial charge in [0.15, 0.2) is 5.76 Å². The van der Waals surface area contributed by atoms with E-state index in [1.807, 2.05) is 17.0 Å². The Bertz CT molecular complexity index is 1060. The molecule has 5 heteroatoms. The van der Waals surface area contributed by atoms with Gasteiger partial charge in [0, 0.05) is 25.6 Å². The second-order valence-electron chi connectivity index (χ2n) is 9.73. The summed E-state index contributed by atoms with van der Waals surface area (Å²) in [5.41, 5.74) is 2.64. The molecular weight excluding hydrogens is 424 g/mol. The van der Waals surface area contributed by atoms with Gasteiger partial charge in [0.1, 0.15) is 5.75 Å². The number of para-hydroxylation sites is 1. The molecule has 2 aromatic carbocycles. The highest BCUT2D eigenvalue weighted by Gasteiger charge is 2.39. The summed E-state index contributed by atoms with van der Waals surface area (Å²) in [6, 6.07) is 22.6. The minimum absolute atomic E-state index is 0.0195. The van der Waals surface area contributed by atoms with Crippen LogP contribution in [0, 0.1) is 11.8 Å². The minimum atomic E-state index is -0.0195. The molecule has 3 aromatic rings. The Morgan fingerprint density at radius 1 is 0.971 bits per heavy atom. The molecule has 2 saturated heterocycles. The molecule has 5 rings (SSSR count). The van der Waals surface area contributed by atoms with Gasteiger partial charge in [-0.3, -0.25) is 4.79 Å². The van der Waals surface area contributed by atoms with Crippen molar-refractivity contribution < 1.29 is 13.9 Å². The summed E-state index contributed by atoms with van der Waals surface area (Å²) < 4.78 is 11.1. The number of carbonyl (C=O) groups is 1. The van der Waals surface area contributed by atoms with Crippen molar-refractivity contribution in [1.82, 2.24) is 9.80 Å². The van der Waals surface area contributed by atoms with Gasteiger partial charge in [-0.05, 0) is 73.5 Å². The smallest absolute Gasteiger partial charge is 0.289 e. The van der Waals surface area contributed by atoms with Crippen LogP contribution in [0.4, 0.5) is 0 Å². The van der Waals surface area contributed by atoms with Crippen LogP contribution in [0.25, 0.3) is 0 Å². The van der Waals surface area contributed by atoms with Gasteiger partial charge in [0.2, 0.25) is 0 Å². The molecule has 34 heavy (non-hydrogen) atoms. The molecule has 0 aliphatic carbocycles. The molecule has 2 aliphatic heterocycles. The van der Waals surface area contributed by atoms with Crippen LogP contribution in [0.2, 0.25) is 0 Å². The van der Waals surface area contributed by atoms with E-state index >= 15 is 0 Å². The molecule has 2 unspecified atom stereocenters. The van der Waals surface area contributed by atoms with Crippen molar-refractivity contribution in [3.05, 3.63) is 89.9 Å². The first-order chi connectivity index (χ1) is 16.7. The lowest BCUT2D eigenvalue weighted by molar-refractivity contribution is 0.0749. The Balaban J connectivity index is 1.27. The van der Waals surface area contributed by atoms with E-state index in [1.54, 1.807) is 25.5 Å².